The third-order valence-electron chi connectivity index (χ3n) is 2.74. The molecule has 0 spiro atoms. The van der Waals surface area contributed by atoms with Crippen molar-refractivity contribution in [2.45, 2.75) is 18.3 Å². The molecule has 0 aliphatic heterocycles. The van der Waals surface area contributed by atoms with Crippen LogP contribution in [0.2, 0.25) is 0 Å². The van der Waals surface area contributed by atoms with Crippen molar-refractivity contribution in [1.29, 1.82) is 0 Å². The predicted molar refractivity (Wildman–Crippen MR) is 84.7 cm³/mol. The van der Waals surface area contributed by atoms with Crippen LogP contribution in [0.5, 0.6) is 0 Å². The highest BCUT2D eigenvalue weighted by Crippen LogP contribution is 2.12. The van der Waals surface area contributed by atoms with E-state index in [1.54, 1.807) is 19.1 Å². The van der Waals surface area contributed by atoms with E-state index in [0.717, 1.165) is 5.56 Å². The molecule has 0 saturated heterocycles. The number of halogens is 1. The van der Waals surface area contributed by atoms with Gasteiger partial charge in [0, 0.05) is 18.8 Å². The quantitative estimate of drug-likeness (QED) is 0.763. The molecular weight excluding hydrogens is 291 g/mol. The molecule has 0 aromatic heterocycles. The summed E-state index contributed by atoms with van der Waals surface area (Å²) in [7, 11) is 3.74. The molecule has 1 amide bonds. The highest BCUT2D eigenvalue weighted by Gasteiger charge is 2.21. The Morgan fingerprint density at radius 1 is 1.38 bits per heavy atom. The minimum atomic E-state index is -0.944. The molecule has 4 nitrogen and oxygen atoms in total. The van der Waals surface area contributed by atoms with Gasteiger partial charge in [0.25, 0.3) is 0 Å². The third kappa shape index (κ3) is 8.04. The van der Waals surface area contributed by atoms with Crippen LogP contribution in [0.3, 0.4) is 0 Å². The van der Waals surface area contributed by atoms with Gasteiger partial charge in [-0.25, -0.2) is 4.39 Å². The monoisotopic (exact) mass is 314 g/mol. The lowest BCUT2D eigenvalue weighted by atomic mass is 10.1. The third-order valence-corrected chi connectivity index (χ3v) is 3.74. The summed E-state index contributed by atoms with van der Waals surface area (Å²) in [5, 5.41) is 12.8. The standard InChI is InChI=1S/C15H23FN2O2S/c1-15(20,11-18(2)3)10-17-14(19)9-21-8-12-4-6-13(16)7-5-12/h4-7,20H,8-11H2,1-3H3,(H,17,19). The molecule has 118 valence electrons. The van der Waals surface area contributed by atoms with Gasteiger partial charge in [0.2, 0.25) is 5.91 Å². The Labute approximate surface area is 129 Å². The van der Waals surface area contributed by atoms with Crippen molar-refractivity contribution in [3.63, 3.8) is 0 Å². The number of carbonyl (C=O) groups is 1. The molecule has 0 aliphatic rings. The second-order valence-electron chi connectivity index (χ2n) is 5.63. The number of hydrogen-bond donors (Lipinski definition) is 2. The molecule has 1 rings (SSSR count). The van der Waals surface area contributed by atoms with Crippen molar-refractivity contribution in [3.05, 3.63) is 35.6 Å². The van der Waals surface area contributed by atoms with E-state index in [4.69, 9.17) is 0 Å². The molecule has 21 heavy (non-hydrogen) atoms. The summed E-state index contributed by atoms with van der Waals surface area (Å²) in [4.78, 5) is 13.6. The summed E-state index contributed by atoms with van der Waals surface area (Å²) in [6.07, 6.45) is 0. The van der Waals surface area contributed by atoms with E-state index in [2.05, 4.69) is 5.32 Å². The van der Waals surface area contributed by atoms with Crippen molar-refractivity contribution < 1.29 is 14.3 Å². The van der Waals surface area contributed by atoms with Crippen LogP contribution >= 0.6 is 11.8 Å². The zero-order chi connectivity index (χ0) is 15.9. The highest BCUT2D eigenvalue weighted by molar-refractivity contribution is 7.99. The van der Waals surface area contributed by atoms with Crippen LogP contribution in [0.1, 0.15) is 12.5 Å². The molecule has 1 aromatic carbocycles. The number of benzene rings is 1. The van der Waals surface area contributed by atoms with E-state index in [9.17, 15) is 14.3 Å². The fraction of sp³-hybridized carbons (Fsp3) is 0.533. The summed E-state index contributed by atoms with van der Waals surface area (Å²) < 4.78 is 12.7. The van der Waals surface area contributed by atoms with Gasteiger partial charge in [0.05, 0.1) is 11.4 Å². The topological polar surface area (TPSA) is 52.6 Å². The Hall–Kier alpha value is -1.11. The Morgan fingerprint density at radius 2 is 2.00 bits per heavy atom. The number of likely N-dealkylation sites (N-methyl/N-ethyl adjacent to an activating group) is 1. The number of amides is 1. The van der Waals surface area contributed by atoms with E-state index in [-0.39, 0.29) is 18.3 Å². The molecule has 0 saturated carbocycles. The summed E-state index contributed by atoms with van der Waals surface area (Å²) in [6.45, 7) is 2.40. The van der Waals surface area contributed by atoms with E-state index >= 15 is 0 Å². The fourth-order valence-corrected chi connectivity index (χ4v) is 2.74. The maximum absolute atomic E-state index is 12.7. The summed E-state index contributed by atoms with van der Waals surface area (Å²) in [5.74, 6) is 0.600. The minimum absolute atomic E-state index is 0.110. The van der Waals surface area contributed by atoms with Gasteiger partial charge in [-0.1, -0.05) is 12.1 Å². The van der Waals surface area contributed by atoms with Crippen molar-refractivity contribution in [2.24, 2.45) is 0 Å². The number of nitrogens with one attached hydrogen (secondary N) is 1. The molecule has 0 radical (unpaired) electrons. The first-order valence-electron chi connectivity index (χ1n) is 6.74. The lowest BCUT2D eigenvalue weighted by molar-refractivity contribution is -0.119. The van der Waals surface area contributed by atoms with Crippen molar-refractivity contribution in [1.82, 2.24) is 10.2 Å². The van der Waals surface area contributed by atoms with E-state index < -0.39 is 5.60 Å². The Morgan fingerprint density at radius 3 is 2.57 bits per heavy atom. The summed E-state index contributed by atoms with van der Waals surface area (Å²) >= 11 is 1.46. The van der Waals surface area contributed by atoms with Gasteiger partial charge in [0.15, 0.2) is 0 Å². The van der Waals surface area contributed by atoms with Crippen LogP contribution < -0.4 is 5.32 Å². The van der Waals surface area contributed by atoms with Gasteiger partial charge in [0.1, 0.15) is 5.82 Å². The first kappa shape index (κ1) is 17.9. The van der Waals surface area contributed by atoms with Crippen LogP contribution in [0.4, 0.5) is 4.39 Å². The van der Waals surface area contributed by atoms with Crippen molar-refractivity contribution >= 4 is 17.7 Å². The van der Waals surface area contributed by atoms with Crippen molar-refractivity contribution in [2.75, 3.05) is 32.9 Å². The Bertz CT molecular complexity index is 449. The molecule has 0 heterocycles. The van der Waals surface area contributed by atoms with Gasteiger partial charge in [-0.05, 0) is 38.7 Å². The van der Waals surface area contributed by atoms with Crippen LogP contribution in [0.25, 0.3) is 0 Å². The van der Waals surface area contributed by atoms with Crippen LogP contribution in [0, 0.1) is 5.82 Å². The molecule has 0 aliphatic carbocycles. The maximum atomic E-state index is 12.7. The van der Waals surface area contributed by atoms with E-state index in [1.165, 1.54) is 23.9 Å². The fourth-order valence-electron chi connectivity index (χ4n) is 1.92. The van der Waals surface area contributed by atoms with Gasteiger partial charge in [-0.3, -0.25) is 4.79 Å². The number of carbonyl (C=O) groups excluding carboxylic acids is 1. The molecule has 6 heteroatoms. The number of thioether (sulfide) groups is 1. The first-order chi connectivity index (χ1) is 9.78. The SMILES string of the molecule is CN(C)CC(C)(O)CNC(=O)CSCc1ccc(F)cc1. The molecule has 1 unspecified atom stereocenters. The van der Waals surface area contributed by atoms with Gasteiger partial charge in [-0.2, -0.15) is 0 Å². The lowest BCUT2D eigenvalue weighted by Crippen LogP contribution is -2.47. The number of aliphatic hydroxyl groups is 1. The minimum Gasteiger partial charge on any atom is -0.387 e. The zero-order valence-corrected chi connectivity index (χ0v) is 13.5. The first-order valence-corrected chi connectivity index (χ1v) is 7.90. The van der Waals surface area contributed by atoms with E-state index in [1.807, 2.05) is 19.0 Å². The van der Waals surface area contributed by atoms with Crippen LogP contribution in [-0.2, 0) is 10.5 Å². The summed E-state index contributed by atoms with van der Waals surface area (Å²) in [6, 6.07) is 6.24. The molecular formula is C15H23FN2O2S. The maximum Gasteiger partial charge on any atom is 0.230 e. The second-order valence-corrected chi connectivity index (χ2v) is 6.62. The van der Waals surface area contributed by atoms with E-state index in [0.29, 0.717) is 18.1 Å². The average Bonchev–Trinajstić information content (AvgIpc) is 2.37. The molecule has 0 fully saturated rings. The normalized spacial score (nSPS) is 14.0. The number of hydrogen-bond acceptors (Lipinski definition) is 4. The van der Waals surface area contributed by atoms with Crippen molar-refractivity contribution in [3.8, 4) is 0 Å². The number of nitrogens with zero attached hydrogens (tertiary/aromatic N) is 1. The molecule has 0 bridgehead atoms. The summed E-state index contributed by atoms with van der Waals surface area (Å²) in [5.41, 5.74) is 0.0367. The zero-order valence-electron chi connectivity index (χ0n) is 12.7. The Kier molecular flexibility index (Phi) is 7.14. The molecule has 1 atom stereocenters. The lowest BCUT2D eigenvalue weighted by Gasteiger charge is -2.27. The van der Waals surface area contributed by atoms with Crippen LogP contribution in [-0.4, -0.2) is 54.5 Å². The molecule has 1 aromatic rings. The second kappa shape index (κ2) is 8.36. The largest absolute Gasteiger partial charge is 0.387 e. The predicted octanol–water partition coefficient (Wildman–Crippen LogP) is 1.49. The van der Waals surface area contributed by atoms with Gasteiger partial charge < -0.3 is 15.3 Å². The smallest absolute Gasteiger partial charge is 0.230 e. The van der Waals surface area contributed by atoms with Gasteiger partial charge >= 0.3 is 0 Å². The average molecular weight is 314 g/mol. The number of rotatable bonds is 8. The van der Waals surface area contributed by atoms with Crippen LogP contribution in [0.15, 0.2) is 24.3 Å². The Balaban J connectivity index is 2.23. The highest BCUT2D eigenvalue weighted by atomic mass is 32.2. The molecule has 2 N–H and O–H groups in total. The van der Waals surface area contributed by atoms with Gasteiger partial charge in [-0.15, -0.1) is 11.8 Å².